The predicted molar refractivity (Wildman–Crippen MR) is 83.2 cm³/mol. The Bertz CT molecular complexity index is 565. The smallest absolute Gasteiger partial charge is 0.234 e. The summed E-state index contributed by atoms with van der Waals surface area (Å²) < 4.78 is 1.80. The zero-order chi connectivity index (χ0) is 15.1. The Labute approximate surface area is 125 Å². The molecule has 1 amide bonds. The van der Waals surface area contributed by atoms with Crippen molar-refractivity contribution in [3.8, 4) is 5.69 Å². The molecule has 0 aliphatic carbocycles. The van der Waals surface area contributed by atoms with Gasteiger partial charge in [0.1, 0.15) is 0 Å². The Morgan fingerprint density at radius 2 is 2.10 bits per heavy atom. The van der Waals surface area contributed by atoms with Crippen LogP contribution >= 0.6 is 0 Å². The third-order valence-corrected chi connectivity index (χ3v) is 3.37. The molecule has 1 aromatic carbocycles. The highest BCUT2D eigenvalue weighted by Gasteiger charge is 2.05. The van der Waals surface area contributed by atoms with Crippen molar-refractivity contribution in [3.05, 3.63) is 48.3 Å². The summed E-state index contributed by atoms with van der Waals surface area (Å²) in [6.07, 6.45) is 4.71. The molecule has 0 saturated heterocycles. The number of carbonyl (C=O) groups is 1. The second kappa shape index (κ2) is 7.59. The third-order valence-electron chi connectivity index (χ3n) is 3.37. The Morgan fingerprint density at radius 3 is 2.81 bits per heavy atom. The van der Waals surface area contributed by atoms with Gasteiger partial charge < -0.3 is 10.6 Å². The van der Waals surface area contributed by atoms with E-state index in [1.807, 2.05) is 36.5 Å². The number of hydrogen-bond acceptors (Lipinski definition) is 3. The van der Waals surface area contributed by atoms with Crippen LogP contribution < -0.4 is 10.6 Å². The zero-order valence-electron chi connectivity index (χ0n) is 12.5. The highest BCUT2D eigenvalue weighted by Crippen LogP contribution is 2.07. The SMILES string of the molecule is CCC(C)NCC(=O)NCc1cnn(-c2ccccc2)c1. The summed E-state index contributed by atoms with van der Waals surface area (Å²) in [5, 5.41) is 10.4. The van der Waals surface area contributed by atoms with E-state index in [1.165, 1.54) is 0 Å². The number of carbonyl (C=O) groups excluding carboxylic acids is 1. The first kappa shape index (κ1) is 15.3. The molecule has 0 fully saturated rings. The van der Waals surface area contributed by atoms with Crippen LogP contribution in [0.1, 0.15) is 25.8 Å². The first-order valence-corrected chi connectivity index (χ1v) is 7.28. The van der Waals surface area contributed by atoms with Crippen LogP contribution in [0.5, 0.6) is 0 Å². The summed E-state index contributed by atoms with van der Waals surface area (Å²) in [5.74, 6) is 0.00256. The lowest BCUT2D eigenvalue weighted by atomic mass is 10.2. The Morgan fingerprint density at radius 1 is 1.33 bits per heavy atom. The number of rotatable bonds is 7. The van der Waals surface area contributed by atoms with Crippen LogP contribution in [0.15, 0.2) is 42.7 Å². The first-order valence-electron chi connectivity index (χ1n) is 7.28. The molecule has 0 aliphatic rings. The van der Waals surface area contributed by atoms with Gasteiger partial charge in [-0.25, -0.2) is 4.68 Å². The lowest BCUT2D eigenvalue weighted by Gasteiger charge is -2.10. The van der Waals surface area contributed by atoms with Gasteiger partial charge in [-0.15, -0.1) is 0 Å². The summed E-state index contributed by atoms with van der Waals surface area (Å²) in [6, 6.07) is 10.3. The Kier molecular flexibility index (Phi) is 5.51. The molecule has 2 aromatic rings. The van der Waals surface area contributed by atoms with E-state index >= 15 is 0 Å². The predicted octanol–water partition coefficient (Wildman–Crippen LogP) is 1.88. The van der Waals surface area contributed by atoms with E-state index in [0.29, 0.717) is 19.1 Å². The van der Waals surface area contributed by atoms with Crippen LogP contribution in [0.2, 0.25) is 0 Å². The van der Waals surface area contributed by atoms with Gasteiger partial charge in [-0.2, -0.15) is 5.10 Å². The number of para-hydroxylation sites is 1. The van der Waals surface area contributed by atoms with Crippen molar-refractivity contribution in [1.82, 2.24) is 20.4 Å². The van der Waals surface area contributed by atoms with Gasteiger partial charge >= 0.3 is 0 Å². The van der Waals surface area contributed by atoms with Gasteiger partial charge in [-0.05, 0) is 25.5 Å². The largest absolute Gasteiger partial charge is 0.351 e. The summed E-state index contributed by atoms with van der Waals surface area (Å²) in [4.78, 5) is 11.7. The second-order valence-electron chi connectivity index (χ2n) is 5.10. The number of nitrogens with one attached hydrogen (secondary N) is 2. The molecule has 0 spiro atoms. The maximum atomic E-state index is 11.7. The number of hydrogen-bond donors (Lipinski definition) is 2. The van der Waals surface area contributed by atoms with Crippen molar-refractivity contribution < 1.29 is 4.79 Å². The number of aromatic nitrogens is 2. The number of nitrogens with zero attached hydrogens (tertiary/aromatic N) is 2. The molecule has 2 rings (SSSR count). The molecule has 0 radical (unpaired) electrons. The van der Waals surface area contributed by atoms with Crippen LogP contribution in [-0.4, -0.2) is 28.3 Å². The number of benzene rings is 1. The molecule has 2 N–H and O–H groups in total. The fourth-order valence-corrected chi connectivity index (χ4v) is 1.85. The minimum atomic E-state index is 0.00256. The van der Waals surface area contributed by atoms with E-state index in [-0.39, 0.29) is 5.91 Å². The lowest BCUT2D eigenvalue weighted by Crippen LogP contribution is -2.37. The molecule has 0 saturated carbocycles. The molecule has 21 heavy (non-hydrogen) atoms. The molecule has 0 bridgehead atoms. The standard InChI is InChI=1S/C16H22N4O/c1-3-13(2)17-11-16(21)18-9-14-10-19-20(12-14)15-7-5-4-6-8-15/h4-8,10,12-13,17H,3,9,11H2,1-2H3,(H,18,21). The number of amides is 1. The fourth-order valence-electron chi connectivity index (χ4n) is 1.85. The maximum absolute atomic E-state index is 11.7. The molecule has 112 valence electrons. The zero-order valence-corrected chi connectivity index (χ0v) is 12.5. The van der Waals surface area contributed by atoms with E-state index in [2.05, 4.69) is 29.6 Å². The maximum Gasteiger partial charge on any atom is 0.234 e. The van der Waals surface area contributed by atoms with E-state index in [1.54, 1.807) is 10.9 Å². The van der Waals surface area contributed by atoms with Crippen LogP contribution in [0.25, 0.3) is 5.69 Å². The van der Waals surface area contributed by atoms with Gasteiger partial charge in [0.15, 0.2) is 0 Å². The Balaban J connectivity index is 1.82. The quantitative estimate of drug-likeness (QED) is 0.817. The molecular weight excluding hydrogens is 264 g/mol. The average Bonchev–Trinajstić information content (AvgIpc) is 3.00. The molecule has 1 atom stereocenters. The summed E-state index contributed by atoms with van der Waals surface area (Å²) >= 11 is 0. The molecule has 1 aromatic heterocycles. The summed E-state index contributed by atoms with van der Waals surface area (Å²) in [6.45, 7) is 5.00. The van der Waals surface area contributed by atoms with Gasteiger partial charge in [0.25, 0.3) is 0 Å². The van der Waals surface area contributed by atoms with Gasteiger partial charge in [-0.1, -0.05) is 25.1 Å². The van der Waals surface area contributed by atoms with E-state index < -0.39 is 0 Å². The topological polar surface area (TPSA) is 59.0 Å². The fraction of sp³-hybridized carbons (Fsp3) is 0.375. The molecule has 5 nitrogen and oxygen atoms in total. The molecular formula is C16H22N4O. The average molecular weight is 286 g/mol. The summed E-state index contributed by atoms with van der Waals surface area (Å²) in [7, 11) is 0. The molecule has 1 heterocycles. The van der Waals surface area contributed by atoms with Gasteiger partial charge in [0.2, 0.25) is 5.91 Å². The first-order chi connectivity index (χ1) is 10.2. The van der Waals surface area contributed by atoms with Crippen LogP contribution in [0.3, 0.4) is 0 Å². The highest BCUT2D eigenvalue weighted by molar-refractivity contribution is 5.77. The minimum Gasteiger partial charge on any atom is -0.351 e. The van der Waals surface area contributed by atoms with Gasteiger partial charge in [0.05, 0.1) is 18.4 Å². The minimum absolute atomic E-state index is 0.00256. The van der Waals surface area contributed by atoms with Crippen molar-refractivity contribution >= 4 is 5.91 Å². The van der Waals surface area contributed by atoms with Crippen molar-refractivity contribution in [2.75, 3.05) is 6.54 Å². The second-order valence-corrected chi connectivity index (χ2v) is 5.10. The normalized spacial score (nSPS) is 12.1. The lowest BCUT2D eigenvalue weighted by molar-refractivity contribution is -0.120. The molecule has 5 heteroatoms. The third kappa shape index (κ3) is 4.72. The molecule has 1 unspecified atom stereocenters. The molecule has 0 aliphatic heterocycles. The van der Waals surface area contributed by atoms with Crippen LogP contribution in [-0.2, 0) is 11.3 Å². The monoisotopic (exact) mass is 286 g/mol. The van der Waals surface area contributed by atoms with Gasteiger partial charge in [-0.3, -0.25) is 4.79 Å². The van der Waals surface area contributed by atoms with E-state index in [9.17, 15) is 4.79 Å². The van der Waals surface area contributed by atoms with E-state index in [0.717, 1.165) is 17.7 Å². The van der Waals surface area contributed by atoms with Crippen molar-refractivity contribution in [3.63, 3.8) is 0 Å². The van der Waals surface area contributed by atoms with Crippen LogP contribution in [0.4, 0.5) is 0 Å². The van der Waals surface area contributed by atoms with Crippen LogP contribution in [0, 0.1) is 0 Å². The van der Waals surface area contributed by atoms with E-state index in [4.69, 9.17) is 0 Å². The van der Waals surface area contributed by atoms with Gasteiger partial charge in [0, 0.05) is 24.3 Å². The highest BCUT2D eigenvalue weighted by atomic mass is 16.1. The summed E-state index contributed by atoms with van der Waals surface area (Å²) in [5.41, 5.74) is 1.99. The van der Waals surface area contributed by atoms with Crippen molar-refractivity contribution in [1.29, 1.82) is 0 Å². The van der Waals surface area contributed by atoms with Crippen molar-refractivity contribution in [2.45, 2.75) is 32.9 Å². The Hall–Kier alpha value is -2.14. The van der Waals surface area contributed by atoms with Crippen molar-refractivity contribution in [2.24, 2.45) is 0 Å².